The van der Waals surface area contributed by atoms with Gasteiger partial charge in [0, 0.05) is 24.2 Å². The zero-order valence-electron chi connectivity index (χ0n) is 24.0. The molecule has 0 aromatic heterocycles. The molecule has 0 bridgehead atoms. The maximum atomic E-state index is 12.1. The minimum absolute atomic E-state index is 0.00707. The van der Waals surface area contributed by atoms with Crippen molar-refractivity contribution in [2.24, 2.45) is 9.98 Å². The second-order valence-corrected chi connectivity index (χ2v) is 9.74. The van der Waals surface area contributed by atoms with Crippen molar-refractivity contribution in [1.29, 1.82) is 0 Å². The Kier molecular flexibility index (Phi) is 13.6. The Hall–Kier alpha value is -4.83. The van der Waals surface area contributed by atoms with Gasteiger partial charge in [0.25, 0.3) is 0 Å². The normalized spacial score (nSPS) is 10.5. The second-order valence-electron chi connectivity index (χ2n) is 9.74. The number of carbonyl (C=O) groups is 3. The van der Waals surface area contributed by atoms with Crippen LogP contribution in [0.2, 0.25) is 0 Å². The highest BCUT2D eigenvalue weighted by atomic mass is 17.2. The lowest BCUT2D eigenvalue weighted by molar-refractivity contribution is -0.327. The number of hydrogen-bond acceptors (Lipinski definition) is 11. The van der Waals surface area contributed by atoms with Crippen molar-refractivity contribution in [3.8, 4) is 0 Å². The van der Waals surface area contributed by atoms with Crippen LogP contribution in [-0.2, 0) is 33.6 Å². The molecule has 0 aliphatic carbocycles. The predicted molar refractivity (Wildman–Crippen MR) is 152 cm³/mol. The summed E-state index contributed by atoms with van der Waals surface area (Å²) >= 11 is 0. The second kappa shape index (κ2) is 17.1. The molecule has 0 saturated carbocycles. The molecule has 13 nitrogen and oxygen atoms in total. The van der Waals surface area contributed by atoms with Gasteiger partial charge >= 0.3 is 18.2 Å². The number of rotatable bonds is 15. The van der Waals surface area contributed by atoms with Gasteiger partial charge in [-0.1, -0.05) is 12.1 Å². The van der Waals surface area contributed by atoms with E-state index in [2.05, 4.69) is 20.6 Å². The van der Waals surface area contributed by atoms with Crippen molar-refractivity contribution in [3.63, 3.8) is 0 Å². The maximum absolute atomic E-state index is 12.1. The fourth-order valence-corrected chi connectivity index (χ4v) is 3.43. The topological polar surface area (TPSA) is 171 Å². The van der Waals surface area contributed by atoms with Gasteiger partial charge in [-0.05, 0) is 82.3 Å². The lowest BCUT2D eigenvalue weighted by Gasteiger charge is -2.22. The van der Waals surface area contributed by atoms with Gasteiger partial charge in [0.05, 0.1) is 24.6 Å². The maximum Gasteiger partial charge on any atom is 0.411 e. The molecule has 0 aliphatic heterocycles. The number of carbonyl (C=O) groups excluding carboxylic acids is 5. The van der Waals surface area contributed by atoms with E-state index in [-0.39, 0.29) is 26.1 Å². The summed E-state index contributed by atoms with van der Waals surface area (Å²) < 4.78 is 10.3. The monoisotopic (exact) mass is 582 g/mol. The van der Waals surface area contributed by atoms with E-state index in [0.29, 0.717) is 47.6 Å². The van der Waals surface area contributed by atoms with E-state index in [4.69, 9.17) is 19.2 Å². The van der Waals surface area contributed by atoms with Gasteiger partial charge in [0.2, 0.25) is 12.2 Å². The third-order valence-corrected chi connectivity index (χ3v) is 5.90. The lowest BCUT2D eigenvalue weighted by atomic mass is 10.1. The fraction of sp³-hybridized carbons (Fsp3) is 0.414. The Bertz CT molecular complexity index is 1350. The van der Waals surface area contributed by atoms with Crippen molar-refractivity contribution in [2.75, 3.05) is 23.8 Å². The first-order valence-corrected chi connectivity index (χ1v) is 13.2. The van der Waals surface area contributed by atoms with Crippen LogP contribution in [0.15, 0.2) is 46.4 Å². The van der Waals surface area contributed by atoms with Crippen LogP contribution in [0, 0.1) is 13.8 Å². The molecule has 0 fully saturated rings. The summed E-state index contributed by atoms with van der Waals surface area (Å²) in [6, 6.07) is 9.77. The summed E-state index contributed by atoms with van der Waals surface area (Å²) in [6.07, 6.45) is 3.57. The van der Waals surface area contributed by atoms with E-state index >= 15 is 0 Å². The van der Waals surface area contributed by atoms with Crippen molar-refractivity contribution in [2.45, 2.75) is 65.4 Å². The summed E-state index contributed by atoms with van der Waals surface area (Å²) in [5, 5.41) is 5.19. The molecule has 0 radical (unpaired) electrons. The number of hydrogen-bond donors (Lipinski definition) is 2. The van der Waals surface area contributed by atoms with Crippen LogP contribution in [0.1, 0.15) is 57.1 Å². The number of benzene rings is 2. The van der Waals surface area contributed by atoms with Crippen LogP contribution in [-0.4, -0.2) is 49.1 Å². The fourth-order valence-electron chi connectivity index (χ4n) is 3.43. The summed E-state index contributed by atoms with van der Waals surface area (Å²) in [5.41, 5.74) is 2.12. The van der Waals surface area contributed by atoms with Crippen LogP contribution in [0.25, 0.3) is 0 Å². The number of amides is 2. The van der Waals surface area contributed by atoms with Gasteiger partial charge in [0.1, 0.15) is 5.60 Å². The molecule has 0 spiro atoms. The van der Waals surface area contributed by atoms with Crippen molar-refractivity contribution >= 4 is 53.1 Å². The van der Waals surface area contributed by atoms with E-state index in [1.165, 1.54) is 18.2 Å². The standard InChI is InChI=1S/C29H34N4O9/c1-20-12-13-22(30-18-34)17-25(20)33-28(38)39-15-7-5-6-11-26(36)41-42-29(3,4)14-16-40-27(37)32-24-10-8-9-23(21(24)2)31-19-35/h8-10,12-13,17H,5-7,11,14-16H2,1-4H3,(H,32,37)(H,33,38). The molecule has 0 saturated heterocycles. The van der Waals surface area contributed by atoms with Crippen LogP contribution in [0.5, 0.6) is 0 Å². The molecular weight excluding hydrogens is 548 g/mol. The predicted octanol–water partition coefficient (Wildman–Crippen LogP) is 6.24. The molecule has 2 aromatic rings. The third kappa shape index (κ3) is 12.1. The van der Waals surface area contributed by atoms with Gasteiger partial charge < -0.3 is 9.47 Å². The highest BCUT2D eigenvalue weighted by molar-refractivity contribution is 5.87. The molecule has 2 amide bonds. The van der Waals surface area contributed by atoms with Crippen LogP contribution >= 0.6 is 0 Å². The Balaban J connectivity index is 1.59. The van der Waals surface area contributed by atoms with Crippen LogP contribution in [0.4, 0.5) is 32.3 Å². The Morgan fingerprint density at radius 1 is 0.857 bits per heavy atom. The Labute approximate surface area is 243 Å². The van der Waals surface area contributed by atoms with E-state index in [0.717, 1.165) is 5.56 Å². The lowest BCUT2D eigenvalue weighted by Crippen LogP contribution is -2.29. The third-order valence-electron chi connectivity index (χ3n) is 5.90. The number of anilines is 2. The molecule has 224 valence electrons. The number of isocyanates is 2. The highest BCUT2D eigenvalue weighted by Crippen LogP contribution is 2.26. The molecule has 0 aliphatic rings. The quantitative estimate of drug-likeness (QED) is 0.0810. The summed E-state index contributed by atoms with van der Waals surface area (Å²) in [4.78, 5) is 74.3. The SMILES string of the molecule is Cc1ccc(N=C=O)cc1NC(=O)OCCCCCC(=O)OOC(C)(C)CCOC(=O)Nc1cccc(N=C=O)c1C. The minimum atomic E-state index is -0.914. The largest absolute Gasteiger partial charge is 0.449 e. The van der Waals surface area contributed by atoms with Crippen LogP contribution < -0.4 is 10.6 Å². The molecule has 0 heterocycles. The van der Waals surface area contributed by atoms with E-state index < -0.39 is 23.8 Å². The van der Waals surface area contributed by atoms with Crippen molar-refractivity contribution < 1.29 is 43.2 Å². The van der Waals surface area contributed by atoms with Gasteiger partial charge in [0.15, 0.2) is 0 Å². The Morgan fingerprint density at radius 2 is 1.55 bits per heavy atom. The summed E-state index contributed by atoms with van der Waals surface area (Å²) in [5.74, 6) is -0.554. The zero-order valence-corrected chi connectivity index (χ0v) is 24.0. The van der Waals surface area contributed by atoms with E-state index in [1.807, 2.05) is 0 Å². The van der Waals surface area contributed by atoms with Crippen molar-refractivity contribution in [1.82, 2.24) is 0 Å². The minimum Gasteiger partial charge on any atom is -0.449 e. The molecule has 13 heteroatoms. The first kappa shape index (κ1) is 33.4. The summed E-state index contributed by atoms with van der Waals surface area (Å²) in [6.45, 7) is 7.00. The van der Waals surface area contributed by atoms with E-state index in [9.17, 15) is 24.0 Å². The molecular formula is C29H34N4O9. The molecule has 42 heavy (non-hydrogen) atoms. The molecule has 2 aromatic carbocycles. The molecule has 2 rings (SSSR count). The number of ether oxygens (including phenoxy) is 2. The van der Waals surface area contributed by atoms with Crippen molar-refractivity contribution in [3.05, 3.63) is 47.5 Å². The van der Waals surface area contributed by atoms with Gasteiger partial charge in [-0.2, -0.15) is 14.9 Å². The number of aryl methyl sites for hydroxylation is 1. The number of nitrogens with zero attached hydrogens (tertiary/aromatic N) is 2. The van der Waals surface area contributed by atoms with Gasteiger partial charge in [-0.25, -0.2) is 24.0 Å². The zero-order chi connectivity index (χ0) is 31.0. The first-order valence-electron chi connectivity index (χ1n) is 13.2. The highest BCUT2D eigenvalue weighted by Gasteiger charge is 2.23. The Morgan fingerprint density at radius 3 is 2.26 bits per heavy atom. The molecule has 2 N–H and O–H groups in total. The van der Waals surface area contributed by atoms with Gasteiger partial charge in [-0.3, -0.25) is 15.5 Å². The smallest absolute Gasteiger partial charge is 0.411 e. The van der Waals surface area contributed by atoms with Gasteiger partial charge in [-0.15, -0.1) is 0 Å². The molecule has 0 unspecified atom stereocenters. The number of unbranched alkanes of at least 4 members (excludes halogenated alkanes) is 2. The number of aliphatic imine (C=N–C) groups is 2. The van der Waals surface area contributed by atoms with Crippen LogP contribution in [0.3, 0.4) is 0 Å². The average molecular weight is 583 g/mol. The molecule has 0 atom stereocenters. The first-order chi connectivity index (χ1) is 20.0. The van der Waals surface area contributed by atoms with E-state index in [1.54, 1.807) is 58.0 Å². The number of nitrogens with one attached hydrogen (secondary N) is 2. The summed E-state index contributed by atoms with van der Waals surface area (Å²) in [7, 11) is 0. The average Bonchev–Trinajstić information content (AvgIpc) is 2.94.